The SMILES string of the molecule is CCOC(=O)c1oc(-c2ccc(C#N)cn2)nc1C1CC1. The Morgan fingerprint density at radius 3 is 2.90 bits per heavy atom. The van der Waals surface area contributed by atoms with Crippen LogP contribution in [0.15, 0.2) is 22.7 Å². The van der Waals surface area contributed by atoms with Crippen LogP contribution >= 0.6 is 0 Å². The lowest BCUT2D eigenvalue weighted by Gasteiger charge is -1.99. The predicted octanol–water partition coefficient (Wildman–Crippen LogP) is 2.66. The summed E-state index contributed by atoms with van der Waals surface area (Å²) in [7, 11) is 0. The zero-order chi connectivity index (χ0) is 14.8. The van der Waals surface area contributed by atoms with Gasteiger partial charge < -0.3 is 9.15 Å². The number of carbonyl (C=O) groups is 1. The fraction of sp³-hybridized carbons (Fsp3) is 0.333. The van der Waals surface area contributed by atoms with Crippen LogP contribution in [0.5, 0.6) is 0 Å². The zero-order valence-corrected chi connectivity index (χ0v) is 11.5. The maximum Gasteiger partial charge on any atom is 0.376 e. The van der Waals surface area contributed by atoms with Gasteiger partial charge in [0, 0.05) is 12.1 Å². The highest BCUT2D eigenvalue weighted by atomic mass is 16.5. The van der Waals surface area contributed by atoms with E-state index in [0.29, 0.717) is 17.0 Å². The molecule has 0 aromatic carbocycles. The highest BCUT2D eigenvalue weighted by molar-refractivity contribution is 5.88. The highest BCUT2D eigenvalue weighted by Crippen LogP contribution is 2.42. The van der Waals surface area contributed by atoms with Crippen LogP contribution in [0.2, 0.25) is 0 Å². The molecule has 1 aliphatic carbocycles. The molecule has 0 radical (unpaired) electrons. The minimum absolute atomic E-state index is 0.167. The molecule has 1 fully saturated rings. The van der Waals surface area contributed by atoms with Gasteiger partial charge >= 0.3 is 5.97 Å². The van der Waals surface area contributed by atoms with Gasteiger partial charge in [0.1, 0.15) is 11.8 Å². The Kier molecular flexibility index (Phi) is 3.40. The molecule has 1 aliphatic rings. The second kappa shape index (κ2) is 5.37. The summed E-state index contributed by atoms with van der Waals surface area (Å²) in [5.41, 5.74) is 1.60. The largest absolute Gasteiger partial charge is 0.460 e. The summed E-state index contributed by atoms with van der Waals surface area (Å²) in [6, 6.07) is 5.28. The Bertz CT molecular complexity index is 709. The average molecular weight is 283 g/mol. The first kappa shape index (κ1) is 13.3. The second-order valence-electron chi connectivity index (χ2n) is 4.77. The fourth-order valence-electron chi connectivity index (χ4n) is 2.00. The van der Waals surface area contributed by atoms with E-state index in [1.165, 1.54) is 6.20 Å². The van der Waals surface area contributed by atoms with Crippen LogP contribution in [0.4, 0.5) is 0 Å². The maximum absolute atomic E-state index is 11.9. The Labute approximate surface area is 121 Å². The Morgan fingerprint density at radius 2 is 2.33 bits per heavy atom. The van der Waals surface area contributed by atoms with Crippen LogP contribution < -0.4 is 0 Å². The van der Waals surface area contributed by atoms with Crippen molar-refractivity contribution >= 4 is 5.97 Å². The van der Waals surface area contributed by atoms with E-state index in [1.807, 2.05) is 6.07 Å². The molecule has 0 bridgehead atoms. The van der Waals surface area contributed by atoms with Crippen LogP contribution in [-0.4, -0.2) is 22.5 Å². The summed E-state index contributed by atoms with van der Waals surface area (Å²) in [5, 5.41) is 8.77. The molecular weight excluding hydrogens is 270 g/mol. The van der Waals surface area contributed by atoms with Gasteiger partial charge in [-0.2, -0.15) is 5.26 Å². The molecule has 0 spiro atoms. The van der Waals surface area contributed by atoms with Crippen molar-refractivity contribution in [1.82, 2.24) is 9.97 Å². The monoisotopic (exact) mass is 283 g/mol. The quantitative estimate of drug-likeness (QED) is 0.801. The lowest BCUT2D eigenvalue weighted by atomic mass is 10.2. The van der Waals surface area contributed by atoms with Crippen molar-refractivity contribution in [2.24, 2.45) is 0 Å². The molecule has 2 aromatic rings. The van der Waals surface area contributed by atoms with Crippen LogP contribution in [0.3, 0.4) is 0 Å². The van der Waals surface area contributed by atoms with Crippen molar-refractivity contribution < 1.29 is 13.9 Å². The molecule has 0 amide bonds. The first-order valence-corrected chi connectivity index (χ1v) is 6.77. The van der Waals surface area contributed by atoms with Crippen LogP contribution in [0, 0.1) is 11.3 Å². The summed E-state index contributed by atoms with van der Waals surface area (Å²) in [5.74, 6) is 0.219. The van der Waals surface area contributed by atoms with Crippen molar-refractivity contribution in [2.75, 3.05) is 6.61 Å². The van der Waals surface area contributed by atoms with Gasteiger partial charge in [0.05, 0.1) is 17.9 Å². The summed E-state index contributed by atoms with van der Waals surface area (Å²) in [4.78, 5) is 20.4. The fourth-order valence-corrected chi connectivity index (χ4v) is 2.00. The van der Waals surface area contributed by atoms with Gasteiger partial charge in [0.2, 0.25) is 11.7 Å². The third-order valence-corrected chi connectivity index (χ3v) is 3.19. The zero-order valence-electron chi connectivity index (χ0n) is 11.5. The van der Waals surface area contributed by atoms with Crippen LogP contribution in [-0.2, 0) is 4.74 Å². The molecule has 6 nitrogen and oxygen atoms in total. The number of hydrogen-bond acceptors (Lipinski definition) is 6. The van der Waals surface area contributed by atoms with E-state index in [1.54, 1.807) is 19.1 Å². The molecule has 3 rings (SSSR count). The smallest absolute Gasteiger partial charge is 0.376 e. The lowest BCUT2D eigenvalue weighted by Crippen LogP contribution is -2.05. The van der Waals surface area contributed by atoms with E-state index < -0.39 is 5.97 Å². The van der Waals surface area contributed by atoms with Crippen molar-refractivity contribution in [3.05, 3.63) is 35.3 Å². The standard InChI is InChI=1S/C15H13N3O3/c1-2-20-15(19)13-12(10-4-5-10)18-14(21-13)11-6-3-9(7-16)8-17-11/h3,6,8,10H,2,4-5H2,1H3. The molecule has 21 heavy (non-hydrogen) atoms. The normalized spacial score (nSPS) is 13.7. The van der Waals surface area contributed by atoms with E-state index in [2.05, 4.69) is 9.97 Å². The summed E-state index contributed by atoms with van der Waals surface area (Å²) in [6.07, 6.45) is 3.44. The summed E-state index contributed by atoms with van der Waals surface area (Å²) >= 11 is 0. The second-order valence-corrected chi connectivity index (χ2v) is 4.77. The number of esters is 1. The van der Waals surface area contributed by atoms with Gasteiger partial charge in [-0.15, -0.1) is 0 Å². The first-order valence-electron chi connectivity index (χ1n) is 6.77. The highest BCUT2D eigenvalue weighted by Gasteiger charge is 2.34. The van der Waals surface area contributed by atoms with E-state index in [4.69, 9.17) is 14.4 Å². The van der Waals surface area contributed by atoms with Gasteiger partial charge in [-0.05, 0) is 31.9 Å². The number of aromatic nitrogens is 2. The summed E-state index contributed by atoms with van der Waals surface area (Å²) < 4.78 is 10.6. The van der Waals surface area contributed by atoms with Crippen molar-refractivity contribution in [3.63, 3.8) is 0 Å². The molecule has 2 heterocycles. The minimum Gasteiger partial charge on any atom is -0.460 e. The number of pyridine rings is 1. The van der Waals surface area contributed by atoms with Gasteiger partial charge in [0.25, 0.3) is 0 Å². The molecule has 0 aliphatic heterocycles. The minimum atomic E-state index is -0.494. The molecule has 0 N–H and O–H groups in total. The van der Waals surface area contributed by atoms with Gasteiger partial charge in [-0.25, -0.2) is 14.8 Å². The molecule has 1 saturated carbocycles. The molecular formula is C15H13N3O3. The first-order chi connectivity index (χ1) is 10.2. The Hall–Kier alpha value is -2.68. The van der Waals surface area contributed by atoms with Crippen LogP contribution in [0.1, 0.15) is 47.5 Å². The van der Waals surface area contributed by atoms with E-state index in [-0.39, 0.29) is 24.2 Å². The van der Waals surface area contributed by atoms with E-state index in [0.717, 1.165) is 12.8 Å². The van der Waals surface area contributed by atoms with Gasteiger partial charge in [-0.3, -0.25) is 0 Å². The maximum atomic E-state index is 11.9. The molecule has 2 aromatic heterocycles. The Morgan fingerprint density at radius 1 is 1.52 bits per heavy atom. The number of rotatable bonds is 4. The van der Waals surface area contributed by atoms with Crippen molar-refractivity contribution in [1.29, 1.82) is 5.26 Å². The topological polar surface area (TPSA) is 89.0 Å². The third-order valence-electron chi connectivity index (χ3n) is 3.19. The molecule has 0 unspecified atom stereocenters. The predicted molar refractivity (Wildman–Crippen MR) is 72.4 cm³/mol. The average Bonchev–Trinajstić information content (AvgIpc) is 3.26. The van der Waals surface area contributed by atoms with Gasteiger partial charge in [0.15, 0.2) is 0 Å². The Balaban J connectivity index is 1.97. The van der Waals surface area contributed by atoms with Crippen molar-refractivity contribution in [3.8, 4) is 17.7 Å². The van der Waals surface area contributed by atoms with Crippen LogP contribution in [0.25, 0.3) is 11.6 Å². The van der Waals surface area contributed by atoms with E-state index >= 15 is 0 Å². The number of ether oxygens (including phenoxy) is 1. The van der Waals surface area contributed by atoms with E-state index in [9.17, 15) is 4.79 Å². The number of nitriles is 1. The number of carbonyl (C=O) groups excluding carboxylic acids is 1. The molecule has 106 valence electrons. The van der Waals surface area contributed by atoms with Crippen molar-refractivity contribution in [2.45, 2.75) is 25.7 Å². The van der Waals surface area contributed by atoms with Gasteiger partial charge in [-0.1, -0.05) is 0 Å². The number of oxazole rings is 1. The number of hydrogen-bond donors (Lipinski definition) is 0. The third kappa shape index (κ3) is 2.63. The molecule has 0 atom stereocenters. The molecule has 6 heteroatoms. The summed E-state index contributed by atoms with van der Waals surface area (Å²) in [6.45, 7) is 2.03. The molecule has 0 saturated heterocycles. The number of nitrogens with zero attached hydrogens (tertiary/aromatic N) is 3. The lowest BCUT2D eigenvalue weighted by molar-refractivity contribution is 0.0489.